The second kappa shape index (κ2) is 25.0. The van der Waals surface area contributed by atoms with Crippen molar-refractivity contribution in [1.29, 1.82) is 0 Å². The Morgan fingerprint density at radius 1 is 0.812 bits per heavy atom. The number of cyclic esters (lactones) is 1. The molecule has 0 aromatic carbocycles. The summed E-state index contributed by atoms with van der Waals surface area (Å²) < 4.78 is 29.2. The highest BCUT2D eigenvalue weighted by Crippen LogP contribution is 2.37. The number of amides is 1. The first-order valence-electron chi connectivity index (χ1n) is 23.5. The molecule has 6 unspecified atom stereocenters. The van der Waals surface area contributed by atoms with E-state index >= 15 is 0 Å². The van der Waals surface area contributed by atoms with Crippen LogP contribution in [0.25, 0.3) is 0 Å². The van der Waals surface area contributed by atoms with E-state index in [1.54, 1.807) is 41.1 Å². The van der Waals surface area contributed by atoms with E-state index in [0.29, 0.717) is 69.8 Å². The van der Waals surface area contributed by atoms with Crippen LogP contribution in [-0.4, -0.2) is 132 Å². The number of esters is 1. The minimum atomic E-state index is -2.42. The Labute approximate surface area is 380 Å². The average molecular weight is 900 g/mol. The lowest BCUT2D eigenvalue weighted by molar-refractivity contribution is -0.265. The first-order valence-corrected chi connectivity index (χ1v) is 23.5. The lowest BCUT2D eigenvalue weighted by Gasteiger charge is -2.42. The number of allylic oxidation sites excluding steroid dienone is 6. The maximum atomic E-state index is 14.2. The summed E-state index contributed by atoms with van der Waals surface area (Å²) in [5, 5.41) is 33.7. The number of Topliss-reactive ketones (excluding diaryl/α,β-unsaturated/α-hetero) is 3. The zero-order valence-electron chi connectivity index (χ0n) is 39.7. The molecule has 2 bridgehead atoms. The average Bonchev–Trinajstić information content (AvgIpc) is 3.27. The molecule has 14 heteroatoms. The number of hydrogen-bond donors (Lipinski definition) is 3. The molecule has 4 aliphatic rings. The van der Waals surface area contributed by atoms with Crippen LogP contribution in [0.2, 0.25) is 0 Å². The van der Waals surface area contributed by atoms with Gasteiger partial charge in [0, 0.05) is 58.5 Å². The van der Waals surface area contributed by atoms with Crippen molar-refractivity contribution < 1.29 is 63.0 Å². The number of carbonyl (C=O) groups excluding carboxylic acids is 5. The van der Waals surface area contributed by atoms with Crippen molar-refractivity contribution in [2.24, 2.45) is 29.6 Å². The van der Waals surface area contributed by atoms with Crippen molar-refractivity contribution >= 4 is 29.2 Å². The van der Waals surface area contributed by atoms with E-state index < -0.39 is 83.9 Å². The molecule has 1 saturated carbocycles. The molecule has 0 aromatic rings. The summed E-state index contributed by atoms with van der Waals surface area (Å²) in [5.74, 6) is -7.56. The number of aliphatic hydroxyl groups is 3. The SMILES string of the molecule is CO[C@H]1C[C@@H]2CCC(C)C(O)(O2)C(=O)C(=O)N2CCCCC2C(=O)O[C@H](CC[C@@H]2CCC(O)[C@H](OC)C2)CC(=O)[C@H](C)/C=C(\C)C(O)[C@@H](OC)C(=O)C(C)C[C@H](C)C=C/C=C/C=C/1C. The van der Waals surface area contributed by atoms with Crippen LogP contribution in [0.15, 0.2) is 47.6 Å². The smallest absolute Gasteiger partial charge is 0.329 e. The Balaban J connectivity index is 1.67. The molecule has 3 fully saturated rings. The molecular formula is C50H77NO13. The molecule has 1 aliphatic carbocycles. The topological polar surface area (TPSA) is 195 Å². The van der Waals surface area contributed by atoms with Gasteiger partial charge in [-0.2, -0.15) is 0 Å². The number of nitrogens with zero attached hydrogens (tertiary/aromatic N) is 1. The van der Waals surface area contributed by atoms with E-state index in [9.17, 15) is 39.3 Å². The fourth-order valence-corrected chi connectivity index (χ4v) is 9.79. The molecule has 14 nitrogen and oxygen atoms in total. The van der Waals surface area contributed by atoms with Gasteiger partial charge in [-0.15, -0.1) is 0 Å². The van der Waals surface area contributed by atoms with Crippen molar-refractivity contribution in [1.82, 2.24) is 4.90 Å². The Morgan fingerprint density at radius 2 is 1.55 bits per heavy atom. The summed E-state index contributed by atoms with van der Waals surface area (Å²) in [7, 11) is 4.51. The monoisotopic (exact) mass is 900 g/mol. The van der Waals surface area contributed by atoms with Gasteiger partial charge in [-0.05, 0) is 107 Å². The zero-order valence-corrected chi connectivity index (χ0v) is 39.7. The van der Waals surface area contributed by atoms with Gasteiger partial charge in [0.05, 0.1) is 24.4 Å². The number of rotatable bonds is 6. The van der Waals surface area contributed by atoms with Gasteiger partial charge >= 0.3 is 5.97 Å². The third-order valence-corrected chi connectivity index (χ3v) is 14.1. The Hall–Kier alpha value is -3.37. The number of carbonyl (C=O) groups is 5. The van der Waals surface area contributed by atoms with Gasteiger partial charge in [0.2, 0.25) is 5.79 Å². The van der Waals surface area contributed by atoms with Crippen molar-refractivity contribution in [3.63, 3.8) is 0 Å². The minimum absolute atomic E-state index is 0.0217. The Kier molecular flexibility index (Phi) is 20.8. The third kappa shape index (κ3) is 14.1. The van der Waals surface area contributed by atoms with Crippen LogP contribution in [0.3, 0.4) is 0 Å². The third-order valence-electron chi connectivity index (χ3n) is 14.1. The number of fused-ring (bicyclic) bond motifs is 3. The van der Waals surface area contributed by atoms with Crippen LogP contribution in [0, 0.1) is 29.6 Å². The summed E-state index contributed by atoms with van der Waals surface area (Å²) in [6, 6.07) is -1.13. The van der Waals surface area contributed by atoms with E-state index in [2.05, 4.69) is 0 Å². The number of piperidine rings is 1. The highest BCUT2D eigenvalue weighted by atomic mass is 16.6. The molecule has 360 valence electrons. The maximum Gasteiger partial charge on any atom is 0.329 e. The second-order valence-corrected chi connectivity index (χ2v) is 19.0. The maximum absolute atomic E-state index is 14.2. The molecule has 3 aliphatic heterocycles. The largest absolute Gasteiger partial charge is 0.460 e. The normalized spacial score (nSPS) is 39.8. The van der Waals surface area contributed by atoms with E-state index in [-0.39, 0.29) is 48.9 Å². The van der Waals surface area contributed by atoms with E-state index in [1.807, 2.05) is 51.2 Å². The minimum Gasteiger partial charge on any atom is -0.460 e. The van der Waals surface area contributed by atoms with Gasteiger partial charge in [-0.1, -0.05) is 64.2 Å². The fourth-order valence-electron chi connectivity index (χ4n) is 9.79. The lowest BCUT2D eigenvalue weighted by atomic mass is 9.81. The number of ketones is 3. The molecular weight excluding hydrogens is 823 g/mol. The quantitative estimate of drug-likeness (QED) is 0.161. The number of ether oxygens (including phenoxy) is 5. The fraction of sp³-hybridized carbons (Fsp3) is 0.740. The number of aliphatic hydroxyl groups excluding tert-OH is 2. The van der Waals surface area contributed by atoms with Crippen LogP contribution in [0.5, 0.6) is 0 Å². The first kappa shape index (κ1) is 53.2. The molecule has 3 heterocycles. The summed E-state index contributed by atoms with van der Waals surface area (Å²) in [5.41, 5.74) is 1.27. The molecule has 1 amide bonds. The van der Waals surface area contributed by atoms with Crippen LogP contribution in [0.4, 0.5) is 0 Å². The number of hydrogen-bond acceptors (Lipinski definition) is 13. The number of methoxy groups -OCH3 is 3. The predicted molar refractivity (Wildman–Crippen MR) is 241 cm³/mol. The molecule has 3 N–H and O–H groups in total. The van der Waals surface area contributed by atoms with Crippen molar-refractivity contribution in [2.75, 3.05) is 27.9 Å². The molecule has 4 rings (SSSR count). The lowest BCUT2D eigenvalue weighted by Crippen LogP contribution is -2.60. The summed E-state index contributed by atoms with van der Waals surface area (Å²) in [6.45, 7) is 10.8. The summed E-state index contributed by atoms with van der Waals surface area (Å²) in [6.07, 6.45) is 11.6. The second-order valence-electron chi connectivity index (χ2n) is 19.0. The van der Waals surface area contributed by atoms with Crippen molar-refractivity contribution in [3.05, 3.63) is 47.6 Å². The Bertz CT molecular complexity index is 1720. The summed E-state index contributed by atoms with van der Waals surface area (Å²) in [4.78, 5) is 71.3. The van der Waals surface area contributed by atoms with Crippen LogP contribution < -0.4 is 0 Å². The standard InChI is InChI=1S/C50H77NO13/c1-30-15-11-10-12-16-31(2)42(60-7)29-38-21-18-35(6)50(59,64-38)47(56)48(57)51-24-14-13-17-39(51)49(58)63-37(22-19-36-20-23-40(52)43(27-36)61-8)28-41(53)32(3)26-34(5)45(55)46(62-9)44(54)33(4)25-30/h10-12,15-16,26,30,32-33,35-40,42-43,45-46,52,55,59H,13-14,17-25,27-29H2,1-9H3/b12-10+,15-11?,31-16+,34-26+/t30-,32-,33?,35?,36-,37-,38+,39?,40?,42+,43-,45?,46+,50?/m1/s1. The molecule has 0 aromatic heterocycles. The molecule has 0 spiro atoms. The van der Waals surface area contributed by atoms with E-state index in [4.69, 9.17) is 23.7 Å². The van der Waals surface area contributed by atoms with Crippen LogP contribution >= 0.6 is 0 Å². The Morgan fingerprint density at radius 3 is 2.23 bits per heavy atom. The molecule has 64 heavy (non-hydrogen) atoms. The van der Waals surface area contributed by atoms with Gasteiger partial charge in [-0.25, -0.2) is 4.79 Å². The van der Waals surface area contributed by atoms with Gasteiger partial charge < -0.3 is 43.9 Å². The first-order chi connectivity index (χ1) is 30.3. The van der Waals surface area contributed by atoms with Crippen molar-refractivity contribution in [3.8, 4) is 0 Å². The molecule has 0 radical (unpaired) electrons. The van der Waals surface area contributed by atoms with Crippen LogP contribution in [-0.2, 0) is 47.7 Å². The van der Waals surface area contributed by atoms with Gasteiger partial charge in [0.1, 0.15) is 30.1 Å². The van der Waals surface area contributed by atoms with E-state index in [1.165, 1.54) is 12.0 Å². The highest BCUT2D eigenvalue weighted by molar-refractivity contribution is 6.39. The molecule has 14 atom stereocenters. The predicted octanol–water partition coefficient (Wildman–Crippen LogP) is 5.93. The zero-order chi connectivity index (χ0) is 47.3. The van der Waals surface area contributed by atoms with Gasteiger partial charge in [-0.3, -0.25) is 19.2 Å². The molecule has 2 saturated heterocycles. The summed E-state index contributed by atoms with van der Waals surface area (Å²) >= 11 is 0. The van der Waals surface area contributed by atoms with Gasteiger partial charge in [0.25, 0.3) is 11.7 Å². The van der Waals surface area contributed by atoms with Crippen LogP contribution in [0.1, 0.15) is 125 Å². The van der Waals surface area contributed by atoms with Gasteiger partial charge in [0.15, 0.2) is 5.78 Å². The van der Waals surface area contributed by atoms with E-state index in [0.717, 1.165) is 12.0 Å². The highest BCUT2D eigenvalue weighted by Gasteiger charge is 2.53. The van der Waals surface area contributed by atoms with Crippen molar-refractivity contribution in [2.45, 2.75) is 180 Å².